The van der Waals surface area contributed by atoms with Crippen molar-refractivity contribution in [1.29, 1.82) is 5.41 Å². The minimum atomic E-state index is -0.306. The smallest absolute Gasteiger partial charge is 0.247 e. The molecule has 4 N–H and O–H groups in total. The van der Waals surface area contributed by atoms with Gasteiger partial charge in [-0.3, -0.25) is 10.2 Å². The topological polar surface area (TPSA) is 88.2 Å². The van der Waals surface area contributed by atoms with Crippen LogP contribution >= 0.6 is 11.3 Å². The number of ether oxygens (including phenoxy) is 1. The van der Waals surface area contributed by atoms with Gasteiger partial charge in [-0.1, -0.05) is 12.6 Å². The molecule has 0 saturated carbocycles. The molecule has 1 aromatic heterocycles. The van der Waals surface area contributed by atoms with Gasteiger partial charge >= 0.3 is 0 Å². The third-order valence-electron chi connectivity index (χ3n) is 2.41. The van der Waals surface area contributed by atoms with Gasteiger partial charge in [0.1, 0.15) is 10.6 Å². The minimum absolute atomic E-state index is 0.0234. The van der Waals surface area contributed by atoms with Crippen LogP contribution in [0.5, 0.6) is 5.75 Å². The number of carbonyl (C=O) groups is 1. The maximum Gasteiger partial charge on any atom is 0.247 e. The van der Waals surface area contributed by atoms with Crippen molar-refractivity contribution in [2.45, 2.75) is 0 Å². The minimum Gasteiger partial charge on any atom is -0.438 e. The van der Waals surface area contributed by atoms with Gasteiger partial charge in [0.15, 0.2) is 0 Å². The lowest BCUT2D eigenvalue weighted by molar-refractivity contribution is -0.111. The first-order valence-electron chi connectivity index (χ1n) is 5.73. The van der Waals surface area contributed by atoms with Gasteiger partial charge in [-0.15, -0.1) is 11.3 Å². The predicted molar refractivity (Wildman–Crippen MR) is 81.5 cm³/mol. The molecule has 20 heavy (non-hydrogen) atoms. The Morgan fingerprint density at radius 3 is 2.90 bits per heavy atom. The Morgan fingerprint density at radius 2 is 2.25 bits per heavy atom. The van der Waals surface area contributed by atoms with Gasteiger partial charge in [0.05, 0.1) is 5.69 Å². The predicted octanol–water partition coefficient (Wildman–Crippen LogP) is 2.86. The molecule has 102 valence electrons. The Hall–Kier alpha value is -2.60. The van der Waals surface area contributed by atoms with Gasteiger partial charge in [-0.25, -0.2) is 0 Å². The number of nitrogens with one attached hydrogen (secondary N) is 2. The van der Waals surface area contributed by atoms with E-state index in [2.05, 4.69) is 11.9 Å². The second-order valence-electron chi connectivity index (χ2n) is 3.86. The van der Waals surface area contributed by atoms with Crippen LogP contribution in [0.4, 0.5) is 11.4 Å². The molecule has 0 aliphatic rings. The molecular weight excluding hydrogens is 274 g/mol. The van der Waals surface area contributed by atoms with Crippen LogP contribution in [0.1, 0.15) is 4.88 Å². The number of rotatable bonds is 4. The molecule has 0 radical (unpaired) electrons. The standard InChI is InChI=1S/C14H13N3O2S/c1-2-12(18)17-9-4-3-5-10(8-9)19-14(16)13-11(15)6-7-20-13/h2-8,16H,1,15H2,(H,17,18). The highest BCUT2D eigenvalue weighted by Gasteiger charge is 2.10. The number of thiophene rings is 1. The number of hydrogen-bond acceptors (Lipinski definition) is 5. The zero-order valence-corrected chi connectivity index (χ0v) is 11.4. The van der Waals surface area contributed by atoms with Gasteiger partial charge in [0, 0.05) is 11.8 Å². The third kappa shape index (κ3) is 3.24. The molecule has 2 aromatic rings. The van der Waals surface area contributed by atoms with Crippen molar-refractivity contribution in [3.63, 3.8) is 0 Å². The summed E-state index contributed by atoms with van der Waals surface area (Å²) in [7, 11) is 0. The Morgan fingerprint density at radius 1 is 1.45 bits per heavy atom. The lowest BCUT2D eigenvalue weighted by atomic mass is 10.3. The average Bonchev–Trinajstić information content (AvgIpc) is 2.85. The summed E-state index contributed by atoms with van der Waals surface area (Å²) in [6, 6.07) is 8.48. The SMILES string of the molecule is C=CC(=O)Nc1cccc(OC(=N)c2sccc2N)c1. The van der Waals surface area contributed by atoms with Crippen LogP contribution in [0, 0.1) is 5.41 Å². The molecule has 0 atom stereocenters. The highest BCUT2D eigenvalue weighted by molar-refractivity contribution is 7.12. The zero-order valence-electron chi connectivity index (χ0n) is 10.6. The molecule has 1 heterocycles. The molecule has 0 aliphatic heterocycles. The summed E-state index contributed by atoms with van der Waals surface area (Å²) >= 11 is 1.34. The fourth-order valence-electron chi connectivity index (χ4n) is 1.50. The van der Waals surface area contributed by atoms with E-state index in [9.17, 15) is 4.79 Å². The Bertz CT molecular complexity index is 664. The molecule has 0 unspecified atom stereocenters. The van der Waals surface area contributed by atoms with Gasteiger partial charge in [0.2, 0.25) is 11.8 Å². The third-order valence-corrected chi connectivity index (χ3v) is 3.34. The molecule has 5 nitrogen and oxygen atoms in total. The average molecular weight is 287 g/mol. The van der Waals surface area contributed by atoms with E-state index in [4.69, 9.17) is 15.9 Å². The molecule has 6 heteroatoms. The highest BCUT2D eigenvalue weighted by Crippen LogP contribution is 2.23. The van der Waals surface area contributed by atoms with Crippen LogP contribution in [0.2, 0.25) is 0 Å². The molecule has 2 rings (SSSR count). The monoisotopic (exact) mass is 287 g/mol. The van der Waals surface area contributed by atoms with Crippen LogP contribution in [-0.4, -0.2) is 11.8 Å². The highest BCUT2D eigenvalue weighted by atomic mass is 32.1. The molecular formula is C14H13N3O2S. The summed E-state index contributed by atoms with van der Waals surface area (Å²) in [5, 5.41) is 12.3. The fourth-order valence-corrected chi connectivity index (χ4v) is 2.20. The van der Waals surface area contributed by atoms with E-state index in [1.165, 1.54) is 17.4 Å². The largest absolute Gasteiger partial charge is 0.438 e. The van der Waals surface area contributed by atoms with Crippen molar-refractivity contribution < 1.29 is 9.53 Å². The van der Waals surface area contributed by atoms with Crippen LogP contribution in [-0.2, 0) is 4.79 Å². The molecule has 1 aromatic carbocycles. The van der Waals surface area contributed by atoms with E-state index in [0.717, 1.165) is 0 Å². The zero-order chi connectivity index (χ0) is 14.5. The first kappa shape index (κ1) is 13.8. The number of nitrogens with two attached hydrogens (primary N) is 1. The maximum absolute atomic E-state index is 11.2. The lowest BCUT2D eigenvalue weighted by Gasteiger charge is -2.08. The van der Waals surface area contributed by atoms with E-state index in [-0.39, 0.29) is 11.8 Å². The molecule has 0 saturated heterocycles. The number of amides is 1. The van der Waals surface area contributed by atoms with Gasteiger partial charge < -0.3 is 15.8 Å². The quantitative estimate of drug-likeness (QED) is 0.459. The first-order valence-corrected chi connectivity index (χ1v) is 6.61. The maximum atomic E-state index is 11.2. The van der Waals surface area contributed by atoms with Gasteiger partial charge in [-0.2, -0.15) is 0 Å². The summed E-state index contributed by atoms with van der Waals surface area (Å²) in [6.07, 6.45) is 1.18. The van der Waals surface area contributed by atoms with E-state index >= 15 is 0 Å². The van der Waals surface area contributed by atoms with Crippen molar-refractivity contribution in [1.82, 2.24) is 0 Å². The van der Waals surface area contributed by atoms with Crippen LogP contribution in [0.15, 0.2) is 48.4 Å². The van der Waals surface area contributed by atoms with Crippen molar-refractivity contribution in [3.05, 3.63) is 53.2 Å². The van der Waals surface area contributed by atoms with Crippen LogP contribution in [0.3, 0.4) is 0 Å². The Kier molecular flexibility index (Phi) is 4.17. The summed E-state index contributed by atoms with van der Waals surface area (Å²) in [6.45, 7) is 3.38. The first-order chi connectivity index (χ1) is 9.60. The number of benzene rings is 1. The van der Waals surface area contributed by atoms with E-state index in [0.29, 0.717) is 22.0 Å². The van der Waals surface area contributed by atoms with Crippen LogP contribution < -0.4 is 15.8 Å². The van der Waals surface area contributed by atoms with E-state index in [1.54, 1.807) is 35.7 Å². The molecule has 0 fully saturated rings. The molecule has 0 aliphatic carbocycles. The second kappa shape index (κ2) is 6.03. The summed E-state index contributed by atoms with van der Waals surface area (Å²) in [5.74, 6) is 0.120. The van der Waals surface area contributed by atoms with Crippen molar-refractivity contribution in [2.75, 3.05) is 11.1 Å². The van der Waals surface area contributed by atoms with Gasteiger partial charge in [-0.05, 0) is 29.7 Å². The van der Waals surface area contributed by atoms with E-state index in [1.807, 2.05) is 0 Å². The van der Waals surface area contributed by atoms with Crippen molar-refractivity contribution >= 4 is 34.5 Å². The van der Waals surface area contributed by atoms with Crippen LogP contribution in [0.25, 0.3) is 0 Å². The molecule has 0 spiro atoms. The number of hydrogen-bond donors (Lipinski definition) is 3. The van der Waals surface area contributed by atoms with Crippen molar-refractivity contribution in [3.8, 4) is 5.75 Å². The number of nitrogen functional groups attached to an aromatic ring is 1. The van der Waals surface area contributed by atoms with Gasteiger partial charge in [0.25, 0.3) is 0 Å². The second-order valence-corrected chi connectivity index (χ2v) is 4.77. The van der Waals surface area contributed by atoms with Crippen molar-refractivity contribution in [2.24, 2.45) is 0 Å². The molecule has 0 bridgehead atoms. The normalized spacial score (nSPS) is 9.80. The summed E-state index contributed by atoms with van der Waals surface area (Å²) < 4.78 is 5.43. The number of carbonyl (C=O) groups excluding carboxylic acids is 1. The Labute approximate surface area is 120 Å². The van der Waals surface area contributed by atoms with E-state index < -0.39 is 0 Å². The summed E-state index contributed by atoms with van der Waals surface area (Å²) in [5.41, 5.74) is 6.81. The fraction of sp³-hybridized carbons (Fsp3) is 0. The molecule has 1 amide bonds. The lowest BCUT2D eigenvalue weighted by Crippen LogP contribution is -2.10. The Balaban J connectivity index is 2.12. The number of anilines is 2. The summed E-state index contributed by atoms with van der Waals surface area (Å²) in [4.78, 5) is 11.8.